The number of sulfonamides is 1. The van der Waals surface area contributed by atoms with Gasteiger partial charge in [0.25, 0.3) is 0 Å². The number of carboxylic acids is 1. The Bertz CT molecular complexity index is 1050. The molecule has 0 aliphatic carbocycles. The molecule has 0 bridgehead atoms. The van der Waals surface area contributed by atoms with Crippen molar-refractivity contribution < 1.29 is 36.2 Å². The third kappa shape index (κ3) is 5.16. The average Bonchev–Trinajstić information content (AvgIpc) is 2.66. The summed E-state index contributed by atoms with van der Waals surface area (Å²) in [4.78, 5) is 11.8. The molecule has 1 fully saturated rings. The third-order valence-electron chi connectivity index (χ3n) is 4.85. The molecule has 168 valence electrons. The van der Waals surface area contributed by atoms with Gasteiger partial charge in [-0.15, -0.1) is 13.2 Å². The van der Waals surface area contributed by atoms with Crippen molar-refractivity contribution in [1.29, 1.82) is 0 Å². The second-order valence-corrected chi connectivity index (χ2v) is 11.0. The van der Waals surface area contributed by atoms with Crippen LogP contribution in [0.15, 0.2) is 53.4 Å². The Morgan fingerprint density at radius 2 is 1.61 bits per heavy atom. The van der Waals surface area contributed by atoms with E-state index in [0.717, 1.165) is 4.31 Å². The van der Waals surface area contributed by atoms with Gasteiger partial charge >= 0.3 is 12.3 Å². The SMILES string of the molecule is CC1(C)SCCN(S(=O)(=O)c2ccc(-c3ccc(OC(F)(F)F)cc3)cc2)C1C(=O)O. The van der Waals surface area contributed by atoms with Gasteiger partial charge in [0.2, 0.25) is 10.0 Å². The Morgan fingerprint density at radius 3 is 2.10 bits per heavy atom. The summed E-state index contributed by atoms with van der Waals surface area (Å²) in [5.41, 5.74) is 1.15. The van der Waals surface area contributed by atoms with Gasteiger partial charge in [-0.25, -0.2) is 8.42 Å². The van der Waals surface area contributed by atoms with Crippen molar-refractivity contribution >= 4 is 27.8 Å². The molecule has 0 amide bonds. The van der Waals surface area contributed by atoms with E-state index in [1.165, 1.54) is 60.3 Å². The van der Waals surface area contributed by atoms with E-state index >= 15 is 0 Å². The lowest BCUT2D eigenvalue weighted by molar-refractivity contribution is -0.274. The monoisotopic (exact) mass is 475 g/mol. The standard InChI is InChI=1S/C20H20F3NO5S2/c1-19(2)17(18(25)26)24(11-12-30-19)31(27,28)16-9-5-14(6-10-16)13-3-7-15(8-4-13)29-20(21,22)23/h3-10,17H,11-12H2,1-2H3,(H,25,26). The van der Waals surface area contributed by atoms with Crippen LogP contribution < -0.4 is 4.74 Å². The van der Waals surface area contributed by atoms with E-state index in [1.807, 2.05) is 0 Å². The fourth-order valence-electron chi connectivity index (χ4n) is 3.44. The molecule has 2 aromatic carbocycles. The van der Waals surface area contributed by atoms with Gasteiger partial charge in [0.05, 0.1) is 4.90 Å². The molecule has 1 heterocycles. The van der Waals surface area contributed by atoms with Gasteiger partial charge in [-0.05, 0) is 49.2 Å². The highest BCUT2D eigenvalue weighted by Gasteiger charge is 2.48. The van der Waals surface area contributed by atoms with Crippen LogP contribution in [0.1, 0.15) is 13.8 Å². The number of ether oxygens (including phenoxy) is 1. The van der Waals surface area contributed by atoms with Crippen molar-refractivity contribution in [1.82, 2.24) is 4.31 Å². The van der Waals surface area contributed by atoms with Crippen LogP contribution in [0, 0.1) is 0 Å². The highest BCUT2D eigenvalue weighted by atomic mass is 32.2. The fraction of sp³-hybridized carbons (Fsp3) is 0.350. The average molecular weight is 476 g/mol. The van der Waals surface area contributed by atoms with E-state index in [2.05, 4.69) is 4.74 Å². The van der Waals surface area contributed by atoms with E-state index in [0.29, 0.717) is 16.9 Å². The molecule has 1 unspecified atom stereocenters. The lowest BCUT2D eigenvalue weighted by Gasteiger charge is -2.42. The molecule has 0 aromatic heterocycles. The summed E-state index contributed by atoms with van der Waals surface area (Å²) in [5, 5.41) is 9.64. The van der Waals surface area contributed by atoms with Gasteiger partial charge in [0.15, 0.2) is 0 Å². The van der Waals surface area contributed by atoms with Crippen LogP contribution in [0.25, 0.3) is 11.1 Å². The molecule has 1 saturated heterocycles. The number of aliphatic carboxylic acids is 1. The first-order chi connectivity index (χ1) is 14.3. The number of hydrogen-bond acceptors (Lipinski definition) is 5. The minimum atomic E-state index is -4.78. The quantitative estimate of drug-likeness (QED) is 0.697. The zero-order valence-electron chi connectivity index (χ0n) is 16.6. The lowest BCUT2D eigenvalue weighted by atomic mass is 10.0. The largest absolute Gasteiger partial charge is 0.573 e. The van der Waals surface area contributed by atoms with Crippen molar-refractivity contribution in [2.24, 2.45) is 0 Å². The van der Waals surface area contributed by atoms with E-state index in [1.54, 1.807) is 13.8 Å². The van der Waals surface area contributed by atoms with E-state index in [9.17, 15) is 31.5 Å². The van der Waals surface area contributed by atoms with E-state index in [4.69, 9.17) is 0 Å². The number of halogens is 3. The van der Waals surface area contributed by atoms with Gasteiger partial charge in [-0.2, -0.15) is 16.1 Å². The second kappa shape index (κ2) is 8.36. The van der Waals surface area contributed by atoms with Crippen molar-refractivity contribution in [3.8, 4) is 16.9 Å². The zero-order chi connectivity index (χ0) is 23.0. The van der Waals surface area contributed by atoms with Gasteiger partial charge < -0.3 is 9.84 Å². The number of nitrogens with zero attached hydrogens (tertiary/aromatic N) is 1. The van der Waals surface area contributed by atoms with Crippen LogP contribution in [-0.4, -0.2) is 53.2 Å². The molecule has 1 atom stereocenters. The molecule has 0 saturated carbocycles. The Hall–Kier alpha value is -2.24. The van der Waals surface area contributed by atoms with Crippen molar-refractivity contribution in [2.75, 3.05) is 12.3 Å². The molecule has 3 rings (SSSR count). The maximum atomic E-state index is 13.1. The predicted octanol–water partition coefficient (Wildman–Crippen LogP) is 4.22. The molecule has 11 heteroatoms. The van der Waals surface area contributed by atoms with Crippen LogP contribution in [0.3, 0.4) is 0 Å². The molecule has 0 spiro atoms. The summed E-state index contributed by atoms with van der Waals surface area (Å²) >= 11 is 1.41. The van der Waals surface area contributed by atoms with Gasteiger partial charge in [0.1, 0.15) is 11.8 Å². The van der Waals surface area contributed by atoms with Crippen molar-refractivity contribution in [3.05, 3.63) is 48.5 Å². The first kappa shape index (κ1) is 23.4. The number of carboxylic acid groups (broad SMARTS) is 1. The van der Waals surface area contributed by atoms with Crippen molar-refractivity contribution in [3.63, 3.8) is 0 Å². The number of rotatable bonds is 5. The maximum Gasteiger partial charge on any atom is 0.573 e. The maximum absolute atomic E-state index is 13.1. The topological polar surface area (TPSA) is 83.9 Å². The highest BCUT2D eigenvalue weighted by Crippen LogP contribution is 2.38. The predicted molar refractivity (Wildman–Crippen MR) is 110 cm³/mol. The number of benzene rings is 2. The molecule has 1 N–H and O–H groups in total. The number of alkyl halides is 3. The normalized spacial score (nSPS) is 19.7. The van der Waals surface area contributed by atoms with Gasteiger partial charge in [-0.3, -0.25) is 4.79 Å². The van der Waals surface area contributed by atoms with Gasteiger partial charge in [-0.1, -0.05) is 24.3 Å². The minimum Gasteiger partial charge on any atom is -0.480 e. The number of carbonyl (C=O) groups is 1. The summed E-state index contributed by atoms with van der Waals surface area (Å²) in [7, 11) is -4.06. The zero-order valence-corrected chi connectivity index (χ0v) is 18.2. The molecule has 1 aliphatic heterocycles. The summed E-state index contributed by atoms with van der Waals surface area (Å²) < 4.78 is 67.2. The molecular weight excluding hydrogens is 455 g/mol. The molecule has 2 aromatic rings. The van der Waals surface area contributed by atoms with E-state index < -0.39 is 33.1 Å². The Morgan fingerprint density at radius 1 is 1.10 bits per heavy atom. The third-order valence-corrected chi connectivity index (χ3v) is 8.08. The summed E-state index contributed by atoms with van der Waals surface area (Å²) in [6.07, 6.45) is -4.78. The summed E-state index contributed by atoms with van der Waals surface area (Å²) in [6.45, 7) is 3.48. The molecular formula is C20H20F3NO5S2. The lowest BCUT2D eigenvalue weighted by Crippen LogP contribution is -2.58. The molecule has 1 aliphatic rings. The second-order valence-electron chi connectivity index (χ2n) is 7.40. The fourth-order valence-corrected chi connectivity index (χ4v) is 6.53. The van der Waals surface area contributed by atoms with Crippen LogP contribution >= 0.6 is 11.8 Å². The number of thioether (sulfide) groups is 1. The Kier molecular flexibility index (Phi) is 6.32. The molecule has 31 heavy (non-hydrogen) atoms. The van der Waals surface area contributed by atoms with E-state index in [-0.39, 0.29) is 17.2 Å². The highest BCUT2D eigenvalue weighted by molar-refractivity contribution is 8.00. The molecule has 6 nitrogen and oxygen atoms in total. The minimum absolute atomic E-state index is 0.0535. The first-order valence-corrected chi connectivity index (χ1v) is 11.6. The van der Waals surface area contributed by atoms with Crippen LogP contribution in [-0.2, 0) is 14.8 Å². The Balaban J connectivity index is 1.86. The first-order valence-electron chi connectivity index (χ1n) is 9.16. The summed E-state index contributed by atoms with van der Waals surface area (Å²) in [6, 6.07) is 9.73. The summed E-state index contributed by atoms with van der Waals surface area (Å²) in [5.74, 6) is -1.10. The van der Waals surface area contributed by atoms with Crippen molar-refractivity contribution in [2.45, 2.75) is 35.9 Å². The van der Waals surface area contributed by atoms with Crippen LogP contribution in [0.4, 0.5) is 13.2 Å². The van der Waals surface area contributed by atoms with Crippen LogP contribution in [0.5, 0.6) is 5.75 Å². The van der Waals surface area contributed by atoms with Gasteiger partial charge in [0, 0.05) is 17.0 Å². The Labute approximate surface area is 182 Å². The smallest absolute Gasteiger partial charge is 0.480 e. The molecule has 0 radical (unpaired) electrons. The number of hydrogen-bond donors (Lipinski definition) is 1. The van der Waals surface area contributed by atoms with Crippen LogP contribution in [0.2, 0.25) is 0 Å².